The van der Waals surface area contributed by atoms with Gasteiger partial charge >= 0.3 is 0 Å². The third-order valence-electron chi connectivity index (χ3n) is 3.46. The van der Waals surface area contributed by atoms with Crippen LogP contribution in [0.1, 0.15) is 44.0 Å². The Balaban J connectivity index is 1.77. The summed E-state index contributed by atoms with van der Waals surface area (Å²) in [5.74, 6) is 1.74. The normalized spacial score (nSPS) is 18.3. The number of ketones is 1. The molecular weight excluding hydrogens is 272 g/mol. The number of fused-ring (bicyclic) bond motifs is 1. The van der Waals surface area contributed by atoms with E-state index in [0.717, 1.165) is 0 Å². The largest absolute Gasteiger partial charge is 0.485 e. The number of hydrogen-bond donors (Lipinski definition) is 0. The number of ether oxygens (including phenoxy) is 2. The van der Waals surface area contributed by atoms with Crippen molar-refractivity contribution in [2.75, 3.05) is 6.61 Å². The fourth-order valence-corrected chi connectivity index (χ4v) is 2.14. The van der Waals surface area contributed by atoms with Gasteiger partial charge in [0.05, 0.1) is 5.92 Å². The summed E-state index contributed by atoms with van der Waals surface area (Å²) in [5.41, 5.74) is 0. The van der Waals surface area contributed by atoms with E-state index in [4.69, 9.17) is 14.0 Å². The summed E-state index contributed by atoms with van der Waals surface area (Å²) in [6.45, 7) is 3.88. The van der Waals surface area contributed by atoms with E-state index in [1.807, 2.05) is 31.2 Å². The van der Waals surface area contributed by atoms with Gasteiger partial charge in [-0.15, -0.1) is 0 Å². The Kier molecular flexibility index (Phi) is 3.60. The molecule has 1 aliphatic heterocycles. The van der Waals surface area contributed by atoms with Crippen LogP contribution >= 0.6 is 0 Å². The number of benzene rings is 1. The van der Waals surface area contributed by atoms with Crippen molar-refractivity contribution in [1.82, 2.24) is 10.1 Å². The van der Waals surface area contributed by atoms with Crippen LogP contribution in [-0.4, -0.2) is 22.5 Å². The van der Waals surface area contributed by atoms with Gasteiger partial charge in [0.2, 0.25) is 11.7 Å². The van der Waals surface area contributed by atoms with Gasteiger partial charge in [-0.2, -0.15) is 4.98 Å². The van der Waals surface area contributed by atoms with Gasteiger partial charge in [0.1, 0.15) is 12.4 Å². The first kappa shape index (κ1) is 13.6. The van der Waals surface area contributed by atoms with Crippen molar-refractivity contribution in [2.24, 2.45) is 0 Å². The van der Waals surface area contributed by atoms with Gasteiger partial charge in [-0.25, -0.2) is 0 Å². The van der Waals surface area contributed by atoms with E-state index in [0.29, 0.717) is 36.2 Å². The minimum absolute atomic E-state index is 0.0661. The molecule has 2 unspecified atom stereocenters. The SMILES string of the molecule is CCC(=O)C(C)c1nc(C2COc3ccccc3O2)no1. The van der Waals surface area contributed by atoms with E-state index in [1.165, 1.54) is 0 Å². The molecule has 6 heteroatoms. The van der Waals surface area contributed by atoms with Crippen molar-refractivity contribution in [3.05, 3.63) is 36.0 Å². The number of rotatable bonds is 4. The average Bonchev–Trinajstić information content (AvgIpc) is 3.02. The molecule has 0 N–H and O–H groups in total. The molecule has 2 aromatic rings. The van der Waals surface area contributed by atoms with E-state index in [1.54, 1.807) is 6.92 Å². The molecule has 0 aliphatic carbocycles. The van der Waals surface area contributed by atoms with E-state index < -0.39 is 12.0 Å². The lowest BCUT2D eigenvalue weighted by molar-refractivity contribution is -0.120. The molecule has 0 saturated carbocycles. The second-order valence-corrected chi connectivity index (χ2v) is 4.90. The lowest BCUT2D eigenvalue weighted by atomic mass is 10.1. The smallest absolute Gasteiger partial charge is 0.237 e. The average molecular weight is 288 g/mol. The highest BCUT2D eigenvalue weighted by atomic mass is 16.6. The van der Waals surface area contributed by atoms with E-state index in [2.05, 4.69) is 10.1 Å². The van der Waals surface area contributed by atoms with E-state index >= 15 is 0 Å². The molecule has 0 fully saturated rings. The molecule has 3 rings (SSSR count). The van der Waals surface area contributed by atoms with Crippen LogP contribution in [0.4, 0.5) is 0 Å². The standard InChI is InChI=1S/C15H16N2O4/c1-3-10(18)9(2)15-16-14(17-21-15)13-8-19-11-6-4-5-7-12(11)20-13/h4-7,9,13H,3,8H2,1-2H3. The molecule has 2 atom stereocenters. The molecule has 0 radical (unpaired) electrons. The number of Topliss-reactive ketones (excluding diaryl/α,β-unsaturated/α-hetero) is 1. The number of hydrogen-bond acceptors (Lipinski definition) is 6. The van der Waals surface area contributed by atoms with Crippen LogP contribution in [0, 0.1) is 0 Å². The minimum atomic E-state index is -0.429. The molecule has 110 valence electrons. The van der Waals surface area contributed by atoms with Crippen molar-refractivity contribution >= 4 is 5.78 Å². The third-order valence-corrected chi connectivity index (χ3v) is 3.46. The third kappa shape index (κ3) is 2.61. The van der Waals surface area contributed by atoms with Crippen molar-refractivity contribution in [3.8, 4) is 11.5 Å². The Labute approximate surface area is 122 Å². The van der Waals surface area contributed by atoms with Gasteiger partial charge in [-0.05, 0) is 19.1 Å². The number of nitrogens with zero attached hydrogens (tertiary/aromatic N) is 2. The first-order chi connectivity index (χ1) is 10.2. The van der Waals surface area contributed by atoms with Crippen molar-refractivity contribution in [3.63, 3.8) is 0 Å². The second-order valence-electron chi connectivity index (χ2n) is 4.90. The Morgan fingerprint density at radius 2 is 2.14 bits per heavy atom. The highest BCUT2D eigenvalue weighted by Crippen LogP contribution is 2.35. The topological polar surface area (TPSA) is 74.5 Å². The highest BCUT2D eigenvalue weighted by molar-refractivity contribution is 5.83. The first-order valence-electron chi connectivity index (χ1n) is 6.93. The monoisotopic (exact) mass is 288 g/mol. The summed E-state index contributed by atoms with van der Waals surface area (Å²) >= 11 is 0. The summed E-state index contributed by atoms with van der Waals surface area (Å²) in [6, 6.07) is 7.42. The zero-order valence-electron chi connectivity index (χ0n) is 11.9. The maximum Gasteiger partial charge on any atom is 0.237 e. The van der Waals surface area contributed by atoms with Crippen molar-refractivity contribution in [2.45, 2.75) is 32.3 Å². The van der Waals surface area contributed by atoms with Gasteiger partial charge in [0.15, 0.2) is 17.6 Å². The molecular formula is C15H16N2O4. The van der Waals surface area contributed by atoms with E-state index in [9.17, 15) is 4.79 Å². The molecule has 1 aromatic carbocycles. The number of carbonyl (C=O) groups excluding carboxylic acids is 1. The molecule has 2 heterocycles. The Morgan fingerprint density at radius 1 is 1.38 bits per heavy atom. The van der Waals surface area contributed by atoms with Crippen LogP contribution in [0.2, 0.25) is 0 Å². The molecule has 21 heavy (non-hydrogen) atoms. The van der Waals surface area contributed by atoms with E-state index in [-0.39, 0.29) is 5.78 Å². The maximum absolute atomic E-state index is 11.7. The molecule has 0 amide bonds. The Bertz CT molecular complexity index is 653. The molecule has 0 saturated heterocycles. The quantitative estimate of drug-likeness (QED) is 0.861. The van der Waals surface area contributed by atoms with Crippen LogP contribution in [0.25, 0.3) is 0 Å². The molecule has 1 aliphatic rings. The molecule has 0 bridgehead atoms. The first-order valence-corrected chi connectivity index (χ1v) is 6.93. The molecule has 0 spiro atoms. The summed E-state index contributed by atoms with van der Waals surface area (Å²) in [4.78, 5) is 15.9. The van der Waals surface area contributed by atoms with Crippen molar-refractivity contribution < 1.29 is 18.8 Å². The predicted molar refractivity (Wildman–Crippen MR) is 73.3 cm³/mol. The van der Waals surface area contributed by atoms with Gasteiger partial charge < -0.3 is 14.0 Å². The van der Waals surface area contributed by atoms with Crippen LogP contribution in [0.3, 0.4) is 0 Å². The summed E-state index contributed by atoms with van der Waals surface area (Å²) in [5, 5.41) is 3.91. The lowest BCUT2D eigenvalue weighted by Gasteiger charge is -2.24. The summed E-state index contributed by atoms with van der Waals surface area (Å²) in [6.07, 6.45) is 0.0105. The Morgan fingerprint density at radius 3 is 2.90 bits per heavy atom. The van der Waals surface area contributed by atoms with Crippen molar-refractivity contribution in [1.29, 1.82) is 0 Å². The summed E-state index contributed by atoms with van der Waals surface area (Å²) < 4.78 is 16.6. The van der Waals surface area contributed by atoms with Gasteiger partial charge in [0, 0.05) is 6.42 Å². The second kappa shape index (κ2) is 5.55. The predicted octanol–water partition coefficient (Wildman–Crippen LogP) is 2.66. The highest BCUT2D eigenvalue weighted by Gasteiger charge is 2.28. The minimum Gasteiger partial charge on any atom is -0.485 e. The van der Waals surface area contributed by atoms with Crippen LogP contribution in [-0.2, 0) is 4.79 Å². The van der Waals surface area contributed by atoms with Crippen LogP contribution < -0.4 is 9.47 Å². The van der Waals surface area contributed by atoms with Gasteiger partial charge in [-0.1, -0.05) is 24.2 Å². The summed E-state index contributed by atoms with van der Waals surface area (Å²) in [7, 11) is 0. The zero-order chi connectivity index (χ0) is 14.8. The number of carbonyl (C=O) groups is 1. The lowest BCUT2D eigenvalue weighted by Crippen LogP contribution is -2.22. The maximum atomic E-state index is 11.7. The molecule has 6 nitrogen and oxygen atoms in total. The van der Waals surface area contributed by atoms with Crippen LogP contribution in [0.5, 0.6) is 11.5 Å². The Hall–Kier alpha value is -2.37. The van der Waals surface area contributed by atoms with Gasteiger partial charge in [-0.3, -0.25) is 4.79 Å². The molecule has 1 aromatic heterocycles. The van der Waals surface area contributed by atoms with Gasteiger partial charge in [0.25, 0.3) is 0 Å². The number of aromatic nitrogens is 2. The fourth-order valence-electron chi connectivity index (χ4n) is 2.14. The fraction of sp³-hybridized carbons (Fsp3) is 0.400. The number of para-hydroxylation sites is 2. The van der Waals surface area contributed by atoms with Crippen LogP contribution in [0.15, 0.2) is 28.8 Å². The zero-order valence-corrected chi connectivity index (χ0v) is 11.9.